The van der Waals surface area contributed by atoms with E-state index in [0.717, 1.165) is 5.56 Å². The number of carboxylic acids is 1. The zero-order valence-corrected chi connectivity index (χ0v) is 12.4. The van der Waals surface area contributed by atoms with E-state index in [1.807, 2.05) is 30.3 Å². The van der Waals surface area contributed by atoms with Gasteiger partial charge in [-0.1, -0.05) is 53.5 Å². The van der Waals surface area contributed by atoms with Gasteiger partial charge in [0, 0.05) is 6.54 Å². The van der Waals surface area contributed by atoms with E-state index in [1.165, 1.54) is 12.1 Å². The molecule has 2 aromatic rings. The van der Waals surface area contributed by atoms with Crippen molar-refractivity contribution in [3.8, 4) is 5.75 Å². The summed E-state index contributed by atoms with van der Waals surface area (Å²) in [6.45, 7) is 0.383. The summed E-state index contributed by atoms with van der Waals surface area (Å²) >= 11 is 11.7. The Morgan fingerprint density at radius 3 is 2.24 bits per heavy atom. The summed E-state index contributed by atoms with van der Waals surface area (Å²) in [5, 5.41) is 21.8. The minimum absolute atomic E-state index is 0.0188. The smallest absolute Gasteiger partial charge is 0.325 e. The molecule has 0 aliphatic rings. The first-order valence-corrected chi connectivity index (χ1v) is 6.92. The molecule has 6 heteroatoms. The van der Waals surface area contributed by atoms with Crippen LogP contribution in [0, 0.1) is 0 Å². The molecule has 0 bridgehead atoms. The number of carbonyl (C=O) groups is 1. The van der Waals surface area contributed by atoms with Gasteiger partial charge in [-0.3, -0.25) is 10.1 Å². The number of hydrogen-bond acceptors (Lipinski definition) is 3. The highest BCUT2D eigenvalue weighted by Crippen LogP contribution is 2.34. The van der Waals surface area contributed by atoms with Gasteiger partial charge in [0.1, 0.15) is 6.04 Å². The Labute approximate surface area is 131 Å². The van der Waals surface area contributed by atoms with E-state index in [1.54, 1.807) is 0 Å². The highest BCUT2D eigenvalue weighted by molar-refractivity contribution is 6.37. The number of phenols is 1. The summed E-state index contributed by atoms with van der Waals surface area (Å²) in [6, 6.07) is 11.2. The van der Waals surface area contributed by atoms with Crippen LogP contribution in [0.25, 0.3) is 0 Å². The van der Waals surface area contributed by atoms with Crippen molar-refractivity contribution in [2.75, 3.05) is 0 Å². The van der Waals surface area contributed by atoms with Crippen molar-refractivity contribution >= 4 is 29.2 Å². The maximum Gasteiger partial charge on any atom is 0.325 e. The fourth-order valence-electron chi connectivity index (χ4n) is 1.92. The maximum absolute atomic E-state index is 11.4. The Hall–Kier alpha value is -1.75. The van der Waals surface area contributed by atoms with Gasteiger partial charge < -0.3 is 10.2 Å². The van der Waals surface area contributed by atoms with Crippen molar-refractivity contribution in [3.05, 3.63) is 63.6 Å². The normalized spacial score (nSPS) is 12.1. The Morgan fingerprint density at radius 1 is 1.14 bits per heavy atom. The standard InChI is InChI=1S/C15H13Cl2NO3/c16-11-6-10(7-12(17)14(11)19)13(15(20)21)18-8-9-4-2-1-3-5-9/h1-7,13,18-19H,8H2,(H,20,21). The first kappa shape index (κ1) is 15.6. The summed E-state index contributed by atoms with van der Waals surface area (Å²) in [5.41, 5.74) is 1.34. The number of aromatic hydroxyl groups is 1. The molecular weight excluding hydrogens is 313 g/mol. The van der Waals surface area contributed by atoms with E-state index >= 15 is 0 Å². The number of halogens is 2. The van der Waals surface area contributed by atoms with Gasteiger partial charge >= 0.3 is 5.97 Å². The molecule has 4 nitrogen and oxygen atoms in total. The van der Waals surface area contributed by atoms with Gasteiger partial charge in [0.05, 0.1) is 10.0 Å². The molecule has 2 rings (SSSR count). The van der Waals surface area contributed by atoms with Crippen molar-refractivity contribution in [3.63, 3.8) is 0 Å². The third kappa shape index (κ3) is 3.88. The molecule has 0 amide bonds. The molecule has 0 heterocycles. The van der Waals surface area contributed by atoms with Gasteiger partial charge in [-0.2, -0.15) is 0 Å². The lowest BCUT2D eigenvalue weighted by Gasteiger charge is -2.16. The molecular formula is C15H13Cl2NO3. The third-order valence-electron chi connectivity index (χ3n) is 2.97. The molecule has 110 valence electrons. The van der Waals surface area contributed by atoms with E-state index in [2.05, 4.69) is 5.32 Å². The predicted octanol–water partition coefficient (Wildman–Crippen LogP) is 3.61. The minimum atomic E-state index is -1.05. The average molecular weight is 326 g/mol. The van der Waals surface area contributed by atoms with Crippen LogP contribution in [-0.2, 0) is 11.3 Å². The molecule has 1 unspecified atom stereocenters. The number of phenolic OH excluding ortho intramolecular Hbond substituents is 1. The van der Waals surface area contributed by atoms with Crippen LogP contribution < -0.4 is 5.32 Å². The lowest BCUT2D eigenvalue weighted by atomic mass is 10.1. The van der Waals surface area contributed by atoms with E-state index in [4.69, 9.17) is 23.2 Å². The summed E-state index contributed by atoms with van der Waals surface area (Å²) in [7, 11) is 0. The quantitative estimate of drug-likeness (QED) is 0.785. The topological polar surface area (TPSA) is 69.6 Å². The van der Waals surface area contributed by atoms with E-state index in [0.29, 0.717) is 12.1 Å². The summed E-state index contributed by atoms with van der Waals surface area (Å²) in [4.78, 5) is 11.4. The molecule has 3 N–H and O–H groups in total. The summed E-state index contributed by atoms with van der Waals surface area (Å²) in [5.74, 6) is -1.31. The van der Waals surface area contributed by atoms with Gasteiger partial charge in [-0.15, -0.1) is 0 Å². The summed E-state index contributed by atoms with van der Waals surface area (Å²) < 4.78 is 0. The molecule has 21 heavy (non-hydrogen) atoms. The molecule has 0 aliphatic carbocycles. The molecule has 0 fully saturated rings. The fraction of sp³-hybridized carbons (Fsp3) is 0.133. The van der Waals surface area contributed by atoms with Crippen LogP contribution in [-0.4, -0.2) is 16.2 Å². The number of benzene rings is 2. The minimum Gasteiger partial charge on any atom is -0.505 e. The molecule has 1 atom stereocenters. The van der Waals surface area contributed by atoms with Crippen LogP contribution in [0.1, 0.15) is 17.2 Å². The van der Waals surface area contributed by atoms with Crippen molar-refractivity contribution in [1.82, 2.24) is 5.32 Å². The second kappa shape index (κ2) is 6.80. The van der Waals surface area contributed by atoms with E-state index < -0.39 is 12.0 Å². The van der Waals surface area contributed by atoms with Crippen LogP contribution in [0.5, 0.6) is 5.75 Å². The Morgan fingerprint density at radius 2 is 1.71 bits per heavy atom. The molecule has 0 spiro atoms. The fourth-order valence-corrected chi connectivity index (χ4v) is 2.42. The number of hydrogen-bond donors (Lipinski definition) is 3. The predicted molar refractivity (Wildman–Crippen MR) is 81.8 cm³/mol. The third-order valence-corrected chi connectivity index (χ3v) is 3.55. The van der Waals surface area contributed by atoms with Gasteiger partial charge in [-0.25, -0.2) is 0 Å². The summed E-state index contributed by atoms with van der Waals surface area (Å²) in [6.07, 6.45) is 0. The van der Waals surface area contributed by atoms with E-state index in [-0.39, 0.29) is 15.8 Å². The lowest BCUT2D eigenvalue weighted by molar-refractivity contribution is -0.139. The number of aliphatic carboxylic acids is 1. The zero-order chi connectivity index (χ0) is 15.4. The van der Waals surface area contributed by atoms with Gasteiger partial charge in [-0.05, 0) is 23.3 Å². The first-order valence-electron chi connectivity index (χ1n) is 6.17. The molecule has 2 aromatic carbocycles. The van der Waals surface area contributed by atoms with Gasteiger partial charge in [0.2, 0.25) is 0 Å². The number of nitrogens with one attached hydrogen (secondary N) is 1. The van der Waals surface area contributed by atoms with Crippen molar-refractivity contribution in [2.45, 2.75) is 12.6 Å². The van der Waals surface area contributed by atoms with Crippen LogP contribution >= 0.6 is 23.2 Å². The van der Waals surface area contributed by atoms with Crippen LogP contribution in [0.3, 0.4) is 0 Å². The SMILES string of the molecule is O=C(O)C(NCc1ccccc1)c1cc(Cl)c(O)c(Cl)c1. The second-order valence-electron chi connectivity index (χ2n) is 4.47. The molecule has 0 aliphatic heterocycles. The highest BCUT2D eigenvalue weighted by Gasteiger charge is 2.21. The van der Waals surface area contributed by atoms with Crippen LogP contribution in [0.4, 0.5) is 0 Å². The van der Waals surface area contributed by atoms with Crippen molar-refractivity contribution < 1.29 is 15.0 Å². The largest absolute Gasteiger partial charge is 0.505 e. The van der Waals surface area contributed by atoms with E-state index in [9.17, 15) is 15.0 Å². The Bertz CT molecular complexity index is 624. The molecule has 0 aromatic heterocycles. The Kier molecular flexibility index (Phi) is 5.07. The second-order valence-corrected chi connectivity index (χ2v) is 5.29. The lowest BCUT2D eigenvalue weighted by Crippen LogP contribution is -2.28. The number of carboxylic acid groups (broad SMARTS) is 1. The first-order chi connectivity index (χ1) is 9.99. The Balaban J connectivity index is 2.21. The van der Waals surface area contributed by atoms with Gasteiger partial charge in [0.15, 0.2) is 5.75 Å². The zero-order valence-electron chi connectivity index (χ0n) is 10.9. The molecule has 0 radical (unpaired) electrons. The monoisotopic (exact) mass is 325 g/mol. The average Bonchev–Trinajstić information content (AvgIpc) is 2.45. The van der Waals surface area contributed by atoms with Crippen molar-refractivity contribution in [1.29, 1.82) is 0 Å². The number of rotatable bonds is 5. The highest BCUT2D eigenvalue weighted by atomic mass is 35.5. The van der Waals surface area contributed by atoms with Crippen LogP contribution in [0.2, 0.25) is 10.0 Å². The van der Waals surface area contributed by atoms with Gasteiger partial charge in [0.25, 0.3) is 0 Å². The van der Waals surface area contributed by atoms with Crippen LogP contribution in [0.15, 0.2) is 42.5 Å². The van der Waals surface area contributed by atoms with Crippen molar-refractivity contribution in [2.24, 2.45) is 0 Å². The molecule has 0 saturated heterocycles. The maximum atomic E-state index is 11.4. The molecule has 0 saturated carbocycles.